The molecule has 3 rings (SSSR count). The number of carbonyl (C=O) groups is 2. The van der Waals surface area contributed by atoms with Crippen LogP contribution in [0.25, 0.3) is 11.0 Å². The van der Waals surface area contributed by atoms with Crippen molar-refractivity contribution in [3.05, 3.63) is 17.5 Å². The Balaban J connectivity index is 1.57. The Hall–Kier alpha value is -3.23. The van der Waals surface area contributed by atoms with Gasteiger partial charge >= 0.3 is 12.3 Å². The molecule has 0 saturated carbocycles. The summed E-state index contributed by atoms with van der Waals surface area (Å²) in [4.78, 5) is 33.6. The van der Waals surface area contributed by atoms with Crippen LogP contribution in [-0.2, 0) is 23.7 Å². The summed E-state index contributed by atoms with van der Waals surface area (Å²) in [5.41, 5.74) is 4.84. The van der Waals surface area contributed by atoms with Gasteiger partial charge in [-0.1, -0.05) is 110 Å². The van der Waals surface area contributed by atoms with E-state index >= 15 is 0 Å². The van der Waals surface area contributed by atoms with E-state index < -0.39 is 36.9 Å². The molecule has 3 atom stereocenters. The third-order valence-corrected chi connectivity index (χ3v) is 8.66. The van der Waals surface area contributed by atoms with E-state index in [0.717, 1.165) is 38.5 Å². The Kier molecular flexibility index (Phi) is 17.0. The third-order valence-electron chi connectivity index (χ3n) is 8.49. The van der Waals surface area contributed by atoms with E-state index in [1.165, 1.54) is 64.2 Å². The van der Waals surface area contributed by atoms with Crippen LogP contribution in [0.5, 0.6) is 0 Å². The maximum atomic E-state index is 12.8. The molecule has 1 aliphatic heterocycles. The molecule has 1 saturated heterocycles. The van der Waals surface area contributed by atoms with Crippen LogP contribution in [0, 0.1) is 12.3 Å². The van der Waals surface area contributed by atoms with Gasteiger partial charge in [0.15, 0.2) is 6.10 Å². The number of nitrogen functional groups attached to an aromatic ring is 1. The molecule has 11 nitrogen and oxygen atoms in total. The summed E-state index contributed by atoms with van der Waals surface area (Å²) in [6, 6.07) is 1.73. The van der Waals surface area contributed by atoms with Gasteiger partial charge in [-0.2, -0.15) is 4.98 Å². The lowest BCUT2D eigenvalue weighted by Gasteiger charge is -2.28. The lowest BCUT2D eigenvalue weighted by molar-refractivity contribution is -0.105. The lowest BCUT2D eigenvalue weighted by Crippen LogP contribution is -2.45. The highest BCUT2D eigenvalue weighted by atomic mass is 35.5. The van der Waals surface area contributed by atoms with Crippen molar-refractivity contribution in [3.8, 4) is 12.3 Å². The highest BCUT2D eigenvalue weighted by Gasteiger charge is 2.52. The van der Waals surface area contributed by atoms with Gasteiger partial charge in [0.1, 0.15) is 24.3 Å². The van der Waals surface area contributed by atoms with Crippen molar-refractivity contribution >= 4 is 40.8 Å². The number of anilines is 1. The summed E-state index contributed by atoms with van der Waals surface area (Å²) in [5, 5.41) is 0.537. The molecule has 0 aromatic carbocycles. The normalized spacial score (nSPS) is 19.0. The minimum Gasteiger partial charge on any atom is -0.434 e. The van der Waals surface area contributed by atoms with E-state index in [9.17, 15) is 9.59 Å². The number of terminal acetylenes is 1. The number of aromatic nitrogens is 3. The Morgan fingerprint density at radius 1 is 0.915 bits per heavy atom. The topological polar surface area (TPSA) is 137 Å². The molecule has 2 aromatic rings. The molecule has 0 bridgehead atoms. The van der Waals surface area contributed by atoms with Crippen molar-refractivity contribution in [1.82, 2.24) is 14.5 Å². The van der Waals surface area contributed by atoms with Crippen LogP contribution in [0.3, 0.4) is 0 Å². The molecule has 47 heavy (non-hydrogen) atoms. The van der Waals surface area contributed by atoms with Gasteiger partial charge in [0.05, 0.1) is 18.6 Å². The second-order valence-corrected chi connectivity index (χ2v) is 12.6. The van der Waals surface area contributed by atoms with Crippen LogP contribution < -0.4 is 5.73 Å². The van der Waals surface area contributed by atoms with Gasteiger partial charge < -0.3 is 34.0 Å². The molecule has 0 amide bonds. The molecule has 1 aliphatic rings. The first kappa shape index (κ1) is 38.2. The highest BCUT2D eigenvalue weighted by molar-refractivity contribution is 6.28. The predicted octanol–water partition coefficient (Wildman–Crippen LogP) is 8.91. The molecule has 1 fully saturated rings. The van der Waals surface area contributed by atoms with E-state index in [1.807, 2.05) is 0 Å². The number of unbranched alkanes of at least 4 members (excludes halogenated alkanes) is 14. The SMILES string of the molecule is C#C[C@]1(COC(=O)OCCCCCCCCCC)O[C@@H](n2ccc3c(N)nc(Cl)nc32)C[C@@H]1OC(=O)OCCCCCCCCCC. The van der Waals surface area contributed by atoms with Crippen molar-refractivity contribution in [2.24, 2.45) is 0 Å². The van der Waals surface area contributed by atoms with Crippen LogP contribution in [0.15, 0.2) is 12.3 Å². The van der Waals surface area contributed by atoms with Gasteiger partial charge in [-0.3, -0.25) is 0 Å². The molecule has 0 spiro atoms. The highest BCUT2D eigenvalue weighted by Crippen LogP contribution is 2.41. The van der Waals surface area contributed by atoms with Crippen molar-refractivity contribution in [2.75, 3.05) is 25.6 Å². The Bertz CT molecular complexity index is 1280. The molecule has 262 valence electrons. The molecule has 2 aromatic heterocycles. The van der Waals surface area contributed by atoms with Gasteiger partial charge in [-0.05, 0) is 30.5 Å². The average Bonchev–Trinajstić information content (AvgIpc) is 3.64. The summed E-state index contributed by atoms with van der Waals surface area (Å²) in [5.74, 6) is 2.78. The van der Waals surface area contributed by atoms with Crippen molar-refractivity contribution in [1.29, 1.82) is 0 Å². The van der Waals surface area contributed by atoms with Crippen molar-refractivity contribution in [2.45, 2.75) is 141 Å². The number of hydrogen-bond acceptors (Lipinski definition) is 10. The molecule has 0 radical (unpaired) electrons. The minimum atomic E-state index is -1.61. The van der Waals surface area contributed by atoms with E-state index in [4.69, 9.17) is 47.4 Å². The summed E-state index contributed by atoms with van der Waals surface area (Å²) < 4.78 is 29.8. The van der Waals surface area contributed by atoms with Crippen molar-refractivity contribution < 1.29 is 33.3 Å². The molecule has 2 N–H and O–H groups in total. The summed E-state index contributed by atoms with van der Waals surface area (Å²) in [7, 11) is 0. The van der Waals surface area contributed by atoms with E-state index in [1.54, 1.807) is 16.8 Å². The quantitative estimate of drug-likeness (QED) is 0.0557. The van der Waals surface area contributed by atoms with Gasteiger partial charge in [-0.15, -0.1) is 6.42 Å². The maximum Gasteiger partial charge on any atom is 0.508 e. The molecule has 12 heteroatoms. The molecular formula is C35H53ClN4O7. The zero-order valence-electron chi connectivity index (χ0n) is 28.2. The van der Waals surface area contributed by atoms with Crippen LogP contribution in [0.1, 0.15) is 129 Å². The second-order valence-electron chi connectivity index (χ2n) is 12.2. The predicted molar refractivity (Wildman–Crippen MR) is 182 cm³/mol. The van der Waals surface area contributed by atoms with E-state index in [0.29, 0.717) is 11.0 Å². The van der Waals surface area contributed by atoms with Gasteiger partial charge in [0, 0.05) is 12.6 Å². The number of ether oxygens (including phenoxy) is 5. The lowest BCUT2D eigenvalue weighted by atomic mass is 9.98. The number of nitrogens with zero attached hydrogens (tertiary/aromatic N) is 3. The fourth-order valence-electron chi connectivity index (χ4n) is 5.75. The van der Waals surface area contributed by atoms with E-state index in [2.05, 4.69) is 29.7 Å². The number of hydrogen-bond donors (Lipinski definition) is 1. The average molecular weight is 677 g/mol. The molecule has 0 unspecified atom stereocenters. The van der Waals surface area contributed by atoms with Crippen LogP contribution in [0.4, 0.5) is 15.4 Å². The number of rotatable bonds is 22. The Morgan fingerprint density at radius 3 is 2.04 bits per heavy atom. The van der Waals surface area contributed by atoms with Crippen molar-refractivity contribution in [3.63, 3.8) is 0 Å². The third kappa shape index (κ3) is 12.4. The fraction of sp³-hybridized carbons (Fsp3) is 0.714. The first-order valence-corrected chi connectivity index (χ1v) is 17.8. The standard InChI is InChI=1S/C35H53ClN4O7/c1-4-7-9-11-13-15-17-19-23-43-33(41)45-26-35(6-3)28(46-34(42)44-24-20-18-16-14-12-10-8-5-2)25-29(47-35)40-22-21-27-30(37)38-32(36)39-31(27)40/h3,21-22,28-29H,4-5,7-20,23-26H2,1-2H3,(H2,37,38,39)/t28-,29+,35+/m0/s1. The summed E-state index contributed by atoms with van der Waals surface area (Å²) in [6.07, 6.45) is 22.2. The summed E-state index contributed by atoms with van der Waals surface area (Å²) in [6.45, 7) is 4.47. The zero-order chi connectivity index (χ0) is 33.9. The number of halogens is 1. The molecule has 0 aliphatic carbocycles. The van der Waals surface area contributed by atoms with Gasteiger partial charge in [0.25, 0.3) is 0 Å². The van der Waals surface area contributed by atoms with E-state index in [-0.39, 0.29) is 30.7 Å². The molecule has 3 heterocycles. The van der Waals surface area contributed by atoms with Gasteiger partial charge in [0.2, 0.25) is 10.9 Å². The van der Waals surface area contributed by atoms with Crippen LogP contribution in [-0.4, -0.2) is 58.4 Å². The monoisotopic (exact) mass is 676 g/mol. The summed E-state index contributed by atoms with van der Waals surface area (Å²) >= 11 is 6.08. The van der Waals surface area contributed by atoms with Crippen LogP contribution >= 0.6 is 11.6 Å². The smallest absolute Gasteiger partial charge is 0.434 e. The zero-order valence-corrected chi connectivity index (χ0v) is 28.9. The largest absolute Gasteiger partial charge is 0.508 e. The number of nitrogens with two attached hydrogens (primary N) is 1. The van der Waals surface area contributed by atoms with Crippen LogP contribution in [0.2, 0.25) is 5.28 Å². The first-order valence-electron chi connectivity index (χ1n) is 17.4. The van der Waals surface area contributed by atoms with Gasteiger partial charge in [-0.25, -0.2) is 14.6 Å². The number of carbonyl (C=O) groups excluding carboxylic acids is 2. The first-order chi connectivity index (χ1) is 22.8. The number of fused-ring (bicyclic) bond motifs is 1. The molecular weight excluding hydrogens is 624 g/mol. The Labute approximate surface area is 284 Å². The fourth-order valence-corrected chi connectivity index (χ4v) is 5.92. The maximum absolute atomic E-state index is 12.8. The Morgan fingerprint density at radius 2 is 1.47 bits per heavy atom. The minimum absolute atomic E-state index is 0.0314. The second kappa shape index (κ2) is 20.9.